The molecule has 2 aromatic rings. The van der Waals surface area contributed by atoms with Gasteiger partial charge in [-0.05, 0) is 23.3 Å². The molecule has 0 unspecified atom stereocenters. The van der Waals surface area contributed by atoms with Gasteiger partial charge in [0.1, 0.15) is 12.6 Å². The molecular weight excluding hydrogens is 270 g/mol. The SMILES string of the molecule is C[NH+](C)CCO[C@H](c1ccccc1)c1ccc(Cl)cc1. The van der Waals surface area contributed by atoms with Gasteiger partial charge >= 0.3 is 0 Å². The fraction of sp³-hybridized carbons (Fsp3) is 0.294. The van der Waals surface area contributed by atoms with Crippen molar-refractivity contribution in [2.45, 2.75) is 6.10 Å². The summed E-state index contributed by atoms with van der Waals surface area (Å²) in [5.41, 5.74) is 2.30. The van der Waals surface area contributed by atoms with Gasteiger partial charge in [0.05, 0.1) is 20.7 Å². The summed E-state index contributed by atoms with van der Waals surface area (Å²) in [4.78, 5) is 1.38. The number of nitrogens with one attached hydrogen (secondary N) is 1. The molecule has 3 heteroatoms. The Bertz CT molecular complexity index is 510. The Morgan fingerprint density at radius 3 is 2.15 bits per heavy atom. The van der Waals surface area contributed by atoms with E-state index in [0.29, 0.717) is 0 Å². The van der Waals surface area contributed by atoms with Crippen molar-refractivity contribution < 1.29 is 9.64 Å². The first kappa shape index (κ1) is 15.0. The molecule has 0 aliphatic heterocycles. The second kappa shape index (κ2) is 7.44. The molecule has 20 heavy (non-hydrogen) atoms. The van der Waals surface area contributed by atoms with Crippen LogP contribution in [-0.2, 0) is 4.74 Å². The Balaban J connectivity index is 2.18. The molecule has 2 rings (SSSR count). The van der Waals surface area contributed by atoms with Crippen molar-refractivity contribution in [1.82, 2.24) is 0 Å². The Hall–Kier alpha value is -1.35. The van der Waals surface area contributed by atoms with Crippen LogP contribution in [0.25, 0.3) is 0 Å². The summed E-state index contributed by atoms with van der Waals surface area (Å²) in [5.74, 6) is 0. The molecule has 106 valence electrons. The maximum Gasteiger partial charge on any atom is 0.108 e. The minimum absolute atomic E-state index is 0.0344. The lowest BCUT2D eigenvalue weighted by atomic mass is 10.0. The second-order valence-corrected chi connectivity index (χ2v) is 5.61. The summed E-state index contributed by atoms with van der Waals surface area (Å²) in [6, 6.07) is 18.2. The van der Waals surface area contributed by atoms with E-state index in [1.54, 1.807) is 0 Å². The standard InChI is InChI=1S/C17H20ClNO/c1-19(2)12-13-20-17(14-6-4-3-5-7-14)15-8-10-16(18)11-9-15/h3-11,17H,12-13H2,1-2H3/p+1/t17-/m1/s1. The van der Waals surface area contributed by atoms with Gasteiger partial charge in [-0.15, -0.1) is 0 Å². The van der Waals surface area contributed by atoms with Crippen molar-refractivity contribution in [3.8, 4) is 0 Å². The van der Waals surface area contributed by atoms with E-state index < -0.39 is 0 Å². The first-order valence-corrected chi connectivity index (χ1v) is 7.25. The van der Waals surface area contributed by atoms with Gasteiger partial charge in [0.15, 0.2) is 0 Å². The zero-order chi connectivity index (χ0) is 14.4. The van der Waals surface area contributed by atoms with E-state index in [2.05, 4.69) is 26.2 Å². The van der Waals surface area contributed by atoms with Gasteiger partial charge in [0.25, 0.3) is 0 Å². The first-order valence-electron chi connectivity index (χ1n) is 6.88. The highest BCUT2D eigenvalue weighted by atomic mass is 35.5. The summed E-state index contributed by atoms with van der Waals surface area (Å²) in [6.07, 6.45) is -0.0344. The van der Waals surface area contributed by atoms with E-state index >= 15 is 0 Å². The Morgan fingerprint density at radius 1 is 0.950 bits per heavy atom. The van der Waals surface area contributed by atoms with Crippen LogP contribution in [0.4, 0.5) is 0 Å². The van der Waals surface area contributed by atoms with Crippen LogP contribution in [0.1, 0.15) is 17.2 Å². The van der Waals surface area contributed by atoms with E-state index in [0.717, 1.165) is 23.7 Å². The third-order valence-electron chi connectivity index (χ3n) is 3.16. The molecule has 0 bridgehead atoms. The summed E-state index contributed by atoms with van der Waals surface area (Å²) >= 11 is 5.96. The molecule has 0 radical (unpaired) electrons. The molecule has 1 N–H and O–H groups in total. The van der Waals surface area contributed by atoms with Crippen LogP contribution < -0.4 is 4.90 Å². The fourth-order valence-electron chi connectivity index (χ4n) is 2.03. The van der Waals surface area contributed by atoms with Gasteiger partial charge < -0.3 is 9.64 Å². The van der Waals surface area contributed by atoms with Crippen LogP contribution in [0, 0.1) is 0 Å². The summed E-state index contributed by atoms with van der Waals surface area (Å²) < 4.78 is 6.10. The fourth-order valence-corrected chi connectivity index (χ4v) is 2.16. The zero-order valence-corrected chi connectivity index (χ0v) is 12.7. The zero-order valence-electron chi connectivity index (χ0n) is 12.0. The van der Waals surface area contributed by atoms with E-state index in [1.165, 1.54) is 10.5 Å². The number of halogens is 1. The van der Waals surface area contributed by atoms with Crippen LogP contribution in [0.3, 0.4) is 0 Å². The number of likely N-dealkylation sites (N-methyl/N-ethyl adjacent to an activating group) is 1. The highest BCUT2D eigenvalue weighted by Crippen LogP contribution is 2.26. The van der Waals surface area contributed by atoms with Gasteiger partial charge in [-0.25, -0.2) is 0 Å². The van der Waals surface area contributed by atoms with Crippen molar-refractivity contribution >= 4 is 11.6 Å². The number of hydrogen-bond acceptors (Lipinski definition) is 1. The minimum atomic E-state index is -0.0344. The van der Waals surface area contributed by atoms with Crippen LogP contribution in [0.5, 0.6) is 0 Å². The third kappa shape index (κ3) is 4.34. The van der Waals surface area contributed by atoms with E-state index in [4.69, 9.17) is 16.3 Å². The number of hydrogen-bond donors (Lipinski definition) is 1. The Morgan fingerprint density at radius 2 is 1.55 bits per heavy atom. The van der Waals surface area contributed by atoms with Crippen LogP contribution in [0.15, 0.2) is 54.6 Å². The Labute approximate surface area is 125 Å². The first-order chi connectivity index (χ1) is 9.66. The lowest BCUT2D eigenvalue weighted by Gasteiger charge is -2.19. The number of rotatable bonds is 6. The van der Waals surface area contributed by atoms with Crippen molar-refractivity contribution in [2.75, 3.05) is 27.2 Å². The normalized spacial score (nSPS) is 12.6. The largest absolute Gasteiger partial charge is 0.363 e. The third-order valence-corrected chi connectivity index (χ3v) is 3.41. The van der Waals surface area contributed by atoms with Gasteiger partial charge in [0, 0.05) is 5.02 Å². The smallest absolute Gasteiger partial charge is 0.108 e. The maximum atomic E-state index is 6.10. The van der Waals surface area contributed by atoms with Crippen molar-refractivity contribution in [3.63, 3.8) is 0 Å². The summed E-state index contributed by atoms with van der Waals surface area (Å²) in [7, 11) is 4.26. The summed E-state index contributed by atoms with van der Waals surface area (Å²) in [6.45, 7) is 1.71. The van der Waals surface area contributed by atoms with Crippen molar-refractivity contribution in [3.05, 3.63) is 70.7 Å². The average molecular weight is 291 g/mol. The van der Waals surface area contributed by atoms with Gasteiger partial charge in [-0.1, -0.05) is 54.1 Å². The molecule has 2 nitrogen and oxygen atoms in total. The molecule has 0 spiro atoms. The molecule has 0 heterocycles. The molecular formula is C17H21ClNO+. The van der Waals surface area contributed by atoms with Crippen molar-refractivity contribution in [2.24, 2.45) is 0 Å². The highest BCUT2D eigenvalue weighted by molar-refractivity contribution is 6.30. The molecule has 0 saturated carbocycles. The second-order valence-electron chi connectivity index (χ2n) is 5.17. The molecule has 1 atom stereocenters. The molecule has 0 aromatic heterocycles. The lowest BCUT2D eigenvalue weighted by molar-refractivity contribution is -0.858. The lowest BCUT2D eigenvalue weighted by Crippen LogP contribution is -3.06. The minimum Gasteiger partial charge on any atom is -0.363 e. The predicted octanol–water partition coefficient (Wildman–Crippen LogP) is 2.59. The van der Waals surface area contributed by atoms with E-state index in [9.17, 15) is 0 Å². The monoisotopic (exact) mass is 290 g/mol. The topological polar surface area (TPSA) is 13.7 Å². The number of benzene rings is 2. The molecule has 0 aliphatic rings. The van der Waals surface area contributed by atoms with Gasteiger partial charge in [-0.2, -0.15) is 0 Å². The molecule has 2 aromatic carbocycles. The predicted molar refractivity (Wildman–Crippen MR) is 83.4 cm³/mol. The van der Waals surface area contributed by atoms with Gasteiger partial charge in [0.2, 0.25) is 0 Å². The number of quaternary nitrogens is 1. The van der Waals surface area contributed by atoms with Crippen LogP contribution in [0.2, 0.25) is 5.02 Å². The van der Waals surface area contributed by atoms with Gasteiger partial charge in [-0.3, -0.25) is 0 Å². The average Bonchev–Trinajstić information content (AvgIpc) is 2.46. The van der Waals surface area contributed by atoms with Crippen LogP contribution >= 0.6 is 11.6 Å². The maximum absolute atomic E-state index is 6.10. The molecule has 0 saturated heterocycles. The van der Waals surface area contributed by atoms with E-state index in [1.807, 2.05) is 42.5 Å². The van der Waals surface area contributed by atoms with E-state index in [-0.39, 0.29) is 6.10 Å². The van der Waals surface area contributed by atoms with Crippen molar-refractivity contribution in [1.29, 1.82) is 0 Å². The highest BCUT2D eigenvalue weighted by Gasteiger charge is 2.14. The molecule has 0 aliphatic carbocycles. The Kier molecular flexibility index (Phi) is 5.60. The number of ether oxygens (including phenoxy) is 1. The quantitative estimate of drug-likeness (QED) is 0.863. The van der Waals surface area contributed by atoms with Crippen LogP contribution in [-0.4, -0.2) is 27.2 Å². The summed E-state index contributed by atoms with van der Waals surface area (Å²) in [5, 5.41) is 0.748. The molecule has 0 amide bonds. The molecule has 0 fully saturated rings.